The average molecular weight is 307 g/mol. The summed E-state index contributed by atoms with van der Waals surface area (Å²) in [4.78, 5) is 0.323. The van der Waals surface area contributed by atoms with Crippen LogP contribution in [0.3, 0.4) is 0 Å². The van der Waals surface area contributed by atoms with Gasteiger partial charge in [-0.1, -0.05) is 19.1 Å². The van der Waals surface area contributed by atoms with Crippen molar-refractivity contribution in [3.05, 3.63) is 47.3 Å². The highest BCUT2D eigenvalue weighted by Gasteiger charge is 2.22. The van der Waals surface area contributed by atoms with Crippen LogP contribution in [0.2, 0.25) is 0 Å². The van der Waals surface area contributed by atoms with E-state index in [0.717, 1.165) is 23.2 Å². The summed E-state index contributed by atoms with van der Waals surface area (Å²) >= 11 is 0. The van der Waals surface area contributed by atoms with Crippen LogP contribution in [0.5, 0.6) is 0 Å². The van der Waals surface area contributed by atoms with Crippen LogP contribution in [0.25, 0.3) is 0 Å². The van der Waals surface area contributed by atoms with E-state index in [1.54, 1.807) is 30.1 Å². The van der Waals surface area contributed by atoms with Crippen LogP contribution < -0.4 is 0 Å². The van der Waals surface area contributed by atoms with Crippen LogP contribution >= 0.6 is 0 Å². The van der Waals surface area contributed by atoms with E-state index in [0.29, 0.717) is 11.4 Å². The van der Waals surface area contributed by atoms with Crippen molar-refractivity contribution in [1.29, 1.82) is 0 Å². The fraction of sp³-hybridized carbons (Fsp3) is 0.400. The van der Waals surface area contributed by atoms with Gasteiger partial charge in [-0.25, -0.2) is 8.42 Å². The van der Waals surface area contributed by atoms with Crippen LogP contribution in [0.15, 0.2) is 35.4 Å². The number of benzene rings is 1. The summed E-state index contributed by atoms with van der Waals surface area (Å²) in [6.45, 7) is 4.29. The van der Waals surface area contributed by atoms with Gasteiger partial charge >= 0.3 is 0 Å². The molecule has 5 nitrogen and oxygen atoms in total. The summed E-state index contributed by atoms with van der Waals surface area (Å²) in [6, 6.07) is 7.05. The molecule has 0 saturated carbocycles. The van der Waals surface area contributed by atoms with Gasteiger partial charge in [-0.05, 0) is 31.0 Å². The molecule has 2 aromatic rings. The Hall–Kier alpha value is -1.66. The third-order valence-corrected chi connectivity index (χ3v) is 5.59. The van der Waals surface area contributed by atoms with Crippen LogP contribution in [0.1, 0.15) is 23.7 Å². The number of nitrogens with zero attached hydrogens (tertiary/aromatic N) is 3. The first-order valence-corrected chi connectivity index (χ1v) is 8.33. The molecule has 0 bridgehead atoms. The summed E-state index contributed by atoms with van der Waals surface area (Å²) < 4.78 is 28.2. The minimum Gasteiger partial charge on any atom is -0.273 e. The van der Waals surface area contributed by atoms with Gasteiger partial charge < -0.3 is 0 Å². The molecular weight excluding hydrogens is 286 g/mol. The van der Waals surface area contributed by atoms with E-state index in [9.17, 15) is 8.42 Å². The second kappa shape index (κ2) is 5.99. The molecular formula is C15H21N3O2S. The molecule has 0 saturated heterocycles. The van der Waals surface area contributed by atoms with Crippen LogP contribution in [-0.2, 0) is 30.0 Å². The number of rotatable bonds is 5. The predicted molar refractivity (Wildman–Crippen MR) is 82.4 cm³/mol. The quantitative estimate of drug-likeness (QED) is 0.850. The van der Waals surface area contributed by atoms with Crippen molar-refractivity contribution in [3.8, 4) is 0 Å². The Labute approximate surface area is 126 Å². The van der Waals surface area contributed by atoms with Crippen molar-refractivity contribution in [3.63, 3.8) is 0 Å². The zero-order chi connectivity index (χ0) is 15.6. The molecule has 0 fully saturated rings. The number of aromatic nitrogens is 2. The highest BCUT2D eigenvalue weighted by atomic mass is 32.2. The molecule has 21 heavy (non-hydrogen) atoms. The molecule has 1 aromatic carbocycles. The second-order valence-corrected chi connectivity index (χ2v) is 7.18. The van der Waals surface area contributed by atoms with Crippen molar-refractivity contribution in [2.45, 2.75) is 31.7 Å². The lowest BCUT2D eigenvalue weighted by atomic mass is 10.2. The molecule has 0 radical (unpaired) electrons. The highest BCUT2D eigenvalue weighted by Crippen LogP contribution is 2.18. The molecule has 0 atom stereocenters. The first kappa shape index (κ1) is 15.7. The van der Waals surface area contributed by atoms with E-state index in [1.807, 2.05) is 33.0 Å². The van der Waals surface area contributed by atoms with Gasteiger partial charge in [0.05, 0.1) is 11.1 Å². The third-order valence-electron chi connectivity index (χ3n) is 3.77. The van der Waals surface area contributed by atoms with Crippen molar-refractivity contribution in [1.82, 2.24) is 14.1 Å². The Morgan fingerprint density at radius 1 is 1.24 bits per heavy atom. The maximum Gasteiger partial charge on any atom is 0.243 e. The first-order valence-electron chi connectivity index (χ1n) is 6.89. The van der Waals surface area contributed by atoms with E-state index in [1.165, 1.54) is 4.31 Å². The summed E-state index contributed by atoms with van der Waals surface area (Å²) in [7, 11) is -0.0365. The summed E-state index contributed by atoms with van der Waals surface area (Å²) in [5.41, 5.74) is 3.01. The molecule has 0 aliphatic carbocycles. The number of hydrogen-bond donors (Lipinski definition) is 0. The van der Waals surface area contributed by atoms with Crippen molar-refractivity contribution < 1.29 is 8.42 Å². The molecule has 0 amide bonds. The molecule has 0 aliphatic heterocycles. The maximum absolute atomic E-state index is 12.6. The third kappa shape index (κ3) is 3.16. The lowest BCUT2D eigenvalue weighted by Gasteiger charge is -2.17. The number of sulfonamides is 1. The molecule has 1 heterocycles. The van der Waals surface area contributed by atoms with Gasteiger partial charge in [0.25, 0.3) is 0 Å². The van der Waals surface area contributed by atoms with Gasteiger partial charge in [0.2, 0.25) is 10.0 Å². The van der Waals surface area contributed by atoms with Crippen molar-refractivity contribution in [2.75, 3.05) is 7.05 Å². The summed E-state index contributed by atoms with van der Waals surface area (Å²) in [5.74, 6) is 0. The topological polar surface area (TPSA) is 55.2 Å². The zero-order valence-corrected chi connectivity index (χ0v) is 13.7. The largest absolute Gasteiger partial charge is 0.273 e. The average Bonchev–Trinajstić information content (AvgIpc) is 2.79. The van der Waals surface area contributed by atoms with E-state index < -0.39 is 10.0 Å². The Bertz CT molecular complexity index is 718. The Balaban J connectivity index is 2.23. The minimum atomic E-state index is -3.47. The molecule has 1 aromatic heterocycles. The standard InChI is InChI=1S/C15H21N3O2S/c1-5-13-6-8-15(9-7-13)21(19,20)17(3)11-14-10-16-18(4)12(14)2/h6-10H,5,11H2,1-4H3. The fourth-order valence-corrected chi connectivity index (χ4v) is 3.25. The maximum atomic E-state index is 12.6. The van der Waals surface area contributed by atoms with Crippen LogP contribution in [-0.4, -0.2) is 29.6 Å². The van der Waals surface area contributed by atoms with Crippen LogP contribution in [0, 0.1) is 6.92 Å². The van der Waals surface area contributed by atoms with Gasteiger partial charge in [0.1, 0.15) is 0 Å². The lowest BCUT2D eigenvalue weighted by molar-refractivity contribution is 0.465. The Morgan fingerprint density at radius 2 is 1.86 bits per heavy atom. The Kier molecular flexibility index (Phi) is 4.49. The van der Waals surface area contributed by atoms with E-state index in [2.05, 4.69) is 5.10 Å². The normalized spacial score (nSPS) is 12.0. The monoisotopic (exact) mass is 307 g/mol. The molecule has 2 rings (SSSR count). The predicted octanol–water partition coefficient (Wildman–Crippen LogP) is 2.11. The molecule has 6 heteroatoms. The smallest absolute Gasteiger partial charge is 0.243 e. The number of hydrogen-bond acceptors (Lipinski definition) is 3. The SMILES string of the molecule is CCc1ccc(S(=O)(=O)N(C)Cc2cnn(C)c2C)cc1. The van der Waals surface area contributed by atoms with Gasteiger partial charge in [0.15, 0.2) is 0 Å². The van der Waals surface area contributed by atoms with Gasteiger partial charge in [-0.2, -0.15) is 9.40 Å². The molecule has 0 N–H and O–H groups in total. The summed E-state index contributed by atoms with van der Waals surface area (Å²) in [6.07, 6.45) is 2.60. The Morgan fingerprint density at radius 3 is 2.33 bits per heavy atom. The lowest BCUT2D eigenvalue weighted by Crippen LogP contribution is -2.26. The van der Waals surface area contributed by atoms with E-state index >= 15 is 0 Å². The van der Waals surface area contributed by atoms with Gasteiger partial charge in [-0.15, -0.1) is 0 Å². The van der Waals surface area contributed by atoms with Crippen molar-refractivity contribution in [2.24, 2.45) is 7.05 Å². The number of aryl methyl sites for hydroxylation is 2. The van der Waals surface area contributed by atoms with E-state index in [-0.39, 0.29) is 0 Å². The molecule has 0 spiro atoms. The van der Waals surface area contributed by atoms with Gasteiger partial charge in [-0.3, -0.25) is 4.68 Å². The fourth-order valence-electron chi connectivity index (χ4n) is 2.10. The minimum absolute atomic E-state index is 0.317. The van der Waals surface area contributed by atoms with Gasteiger partial charge in [0, 0.05) is 31.9 Å². The first-order chi connectivity index (χ1) is 9.86. The summed E-state index contributed by atoms with van der Waals surface area (Å²) in [5, 5.41) is 4.14. The molecule has 114 valence electrons. The second-order valence-electron chi connectivity index (χ2n) is 5.14. The molecule has 0 aliphatic rings. The zero-order valence-electron chi connectivity index (χ0n) is 12.9. The van der Waals surface area contributed by atoms with Crippen molar-refractivity contribution >= 4 is 10.0 Å². The highest BCUT2D eigenvalue weighted by molar-refractivity contribution is 7.89. The molecule has 0 unspecified atom stereocenters. The van der Waals surface area contributed by atoms with E-state index in [4.69, 9.17) is 0 Å². The van der Waals surface area contributed by atoms with Crippen LogP contribution in [0.4, 0.5) is 0 Å².